The quantitative estimate of drug-likeness (QED) is 0.828. The molecule has 0 saturated carbocycles. The number of anilines is 1. The van der Waals surface area contributed by atoms with Gasteiger partial charge in [-0.3, -0.25) is 4.79 Å². The third kappa shape index (κ3) is 3.01. The predicted octanol–water partition coefficient (Wildman–Crippen LogP) is 0.794. The molecule has 0 radical (unpaired) electrons. The summed E-state index contributed by atoms with van der Waals surface area (Å²) >= 11 is 0. The van der Waals surface area contributed by atoms with Crippen molar-refractivity contribution in [2.24, 2.45) is 0 Å². The fourth-order valence-corrected chi connectivity index (χ4v) is 1.56. The molecule has 0 aliphatic heterocycles. The van der Waals surface area contributed by atoms with Crippen molar-refractivity contribution in [2.75, 3.05) is 19.5 Å². The summed E-state index contributed by atoms with van der Waals surface area (Å²) in [5, 5.41) is 3.03. The van der Waals surface area contributed by atoms with Gasteiger partial charge in [0.25, 0.3) is 5.56 Å². The SMILES string of the molecule is COc1cc(CNc2nc[nH]c(=O)c2OC)ccn1. The standard InChI is InChI=1S/C12H14N4O3/c1-18-9-5-8(3-4-13-9)6-14-11-10(19-2)12(17)16-7-15-11/h3-5,7H,6H2,1-2H3,(H2,14,15,16,17). The van der Waals surface area contributed by atoms with Gasteiger partial charge in [0.2, 0.25) is 11.6 Å². The molecule has 0 aliphatic rings. The normalized spacial score (nSPS) is 10.0. The first-order valence-electron chi connectivity index (χ1n) is 5.59. The number of aromatic amines is 1. The first-order chi connectivity index (χ1) is 9.24. The van der Waals surface area contributed by atoms with Crippen LogP contribution in [-0.2, 0) is 6.54 Å². The molecule has 0 unspecified atom stereocenters. The van der Waals surface area contributed by atoms with Crippen LogP contribution in [0.4, 0.5) is 5.82 Å². The molecule has 7 nitrogen and oxygen atoms in total. The number of hydrogen-bond acceptors (Lipinski definition) is 6. The average molecular weight is 262 g/mol. The molecule has 0 atom stereocenters. The summed E-state index contributed by atoms with van der Waals surface area (Å²) in [7, 11) is 2.98. The van der Waals surface area contributed by atoms with Gasteiger partial charge >= 0.3 is 0 Å². The second kappa shape index (κ2) is 5.85. The van der Waals surface area contributed by atoms with Crippen LogP contribution in [-0.4, -0.2) is 29.2 Å². The number of pyridine rings is 1. The predicted molar refractivity (Wildman–Crippen MR) is 69.5 cm³/mol. The maximum absolute atomic E-state index is 11.5. The molecule has 100 valence electrons. The van der Waals surface area contributed by atoms with Gasteiger partial charge in [-0.05, 0) is 11.6 Å². The zero-order valence-electron chi connectivity index (χ0n) is 10.6. The maximum atomic E-state index is 11.5. The summed E-state index contributed by atoms with van der Waals surface area (Å²) in [5.41, 5.74) is 0.628. The Balaban J connectivity index is 2.14. The number of rotatable bonds is 5. The third-order valence-corrected chi connectivity index (χ3v) is 2.48. The summed E-state index contributed by atoms with van der Waals surface area (Å²) in [6.45, 7) is 0.478. The molecule has 0 amide bonds. The molecule has 2 aromatic rings. The van der Waals surface area contributed by atoms with Crippen molar-refractivity contribution in [3.63, 3.8) is 0 Å². The lowest BCUT2D eigenvalue weighted by molar-refractivity contribution is 0.397. The maximum Gasteiger partial charge on any atom is 0.295 e. The molecule has 0 spiro atoms. The van der Waals surface area contributed by atoms with E-state index in [1.165, 1.54) is 13.4 Å². The Kier molecular flexibility index (Phi) is 3.97. The Labute approximate surface area is 109 Å². The van der Waals surface area contributed by atoms with Gasteiger partial charge < -0.3 is 19.8 Å². The molecular weight excluding hydrogens is 248 g/mol. The van der Waals surface area contributed by atoms with Crippen molar-refractivity contribution >= 4 is 5.82 Å². The monoisotopic (exact) mass is 262 g/mol. The van der Waals surface area contributed by atoms with E-state index in [1.54, 1.807) is 19.4 Å². The van der Waals surface area contributed by atoms with Crippen LogP contribution in [0.1, 0.15) is 5.56 Å². The topological polar surface area (TPSA) is 89.1 Å². The van der Waals surface area contributed by atoms with E-state index >= 15 is 0 Å². The van der Waals surface area contributed by atoms with E-state index in [0.29, 0.717) is 18.2 Å². The third-order valence-electron chi connectivity index (χ3n) is 2.48. The Morgan fingerprint density at radius 2 is 2.16 bits per heavy atom. The van der Waals surface area contributed by atoms with Crippen molar-refractivity contribution in [1.82, 2.24) is 15.0 Å². The highest BCUT2D eigenvalue weighted by Crippen LogP contribution is 2.16. The molecule has 0 fully saturated rings. The van der Waals surface area contributed by atoms with Gasteiger partial charge in [0, 0.05) is 18.8 Å². The fourth-order valence-electron chi connectivity index (χ4n) is 1.56. The van der Waals surface area contributed by atoms with Crippen molar-refractivity contribution in [3.8, 4) is 11.6 Å². The second-order valence-corrected chi connectivity index (χ2v) is 3.67. The van der Waals surface area contributed by atoms with Crippen LogP contribution in [0.5, 0.6) is 11.6 Å². The molecule has 0 bridgehead atoms. The molecule has 0 aliphatic carbocycles. The molecular formula is C12H14N4O3. The molecule has 2 N–H and O–H groups in total. The van der Waals surface area contributed by atoms with Crippen LogP contribution in [0.15, 0.2) is 29.5 Å². The number of hydrogen-bond donors (Lipinski definition) is 2. The lowest BCUT2D eigenvalue weighted by Gasteiger charge is -2.09. The summed E-state index contributed by atoms with van der Waals surface area (Å²) in [6.07, 6.45) is 2.97. The lowest BCUT2D eigenvalue weighted by Crippen LogP contribution is -2.14. The van der Waals surface area contributed by atoms with Crippen LogP contribution >= 0.6 is 0 Å². The summed E-state index contributed by atoms with van der Waals surface area (Å²) in [4.78, 5) is 22.0. The molecule has 0 saturated heterocycles. The average Bonchev–Trinajstić information content (AvgIpc) is 2.45. The Morgan fingerprint density at radius 3 is 2.89 bits per heavy atom. The van der Waals surface area contributed by atoms with Crippen LogP contribution < -0.4 is 20.3 Å². The van der Waals surface area contributed by atoms with E-state index in [0.717, 1.165) is 5.56 Å². The van der Waals surface area contributed by atoms with Crippen LogP contribution in [0.3, 0.4) is 0 Å². The van der Waals surface area contributed by atoms with Gasteiger partial charge in [0.1, 0.15) is 0 Å². The largest absolute Gasteiger partial charge is 0.489 e. The van der Waals surface area contributed by atoms with E-state index in [4.69, 9.17) is 9.47 Å². The first kappa shape index (κ1) is 12.9. The second-order valence-electron chi connectivity index (χ2n) is 3.67. The molecule has 2 aromatic heterocycles. The highest BCUT2D eigenvalue weighted by Gasteiger charge is 2.08. The molecule has 19 heavy (non-hydrogen) atoms. The molecule has 7 heteroatoms. The number of H-pyrrole nitrogens is 1. The summed E-state index contributed by atoms with van der Waals surface area (Å²) in [5.74, 6) is 1.08. The fraction of sp³-hybridized carbons (Fsp3) is 0.250. The lowest BCUT2D eigenvalue weighted by atomic mass is 10.2. The number of aromatic nitrogens is 3. The van der Waals surface area contributed by atoms with Gasteiger partial charge in [0.05, 0.1) is 20.5 Å². The Bertz CT molecular complexity index is 612. The zero-order chi connectivity index (χ0) is 13.7. The number of nitrogens with one attached hydrogen (secondary N) is 2. The van der Waals surface area contributed by atoms with Crippen molar-refractivity contribution in [2.45, 2.75) is 6.54 Å². The minimum absolute atomic E-state index is 0.156. The van der Waals surface area contributed by atoms with Crippen LogP contribution in [0.2, 0.25) is 0 Å². The molecule has 2 rings (SSSR count). The summed E-state index contributed by atoms with van der Waals surface area (Å²) < 4.78 is 10.0. The van der Waals surface area contributed by atoms with Gasteiger partial charge in [-0.2, -0.15) is 0 Å². The smallest absolute Gasteiger partial charge is 0.295 e. The Hall–Kier alpha value is -2.57. The van der Waals surface area contributed by atoms with Gasteiger partial charge in [0.15, 0.2) is 5.82 Å². The molecule has 0 aromatic carbocycles. The number of methoxy groups -OCH3 is 2. The highest BCUT2D eigenvalue weighted by atomic mass is 16.5. The van der Waals surface area contributed by atoms with Gasteiger partial charge in [-0.1, -0.05) is 0 Å². The summed E-state index contributed by atoms with van der Waals surface area (Å²) in [6, 6.07) is 3.64. The van der Waals surface area contributed by atoms with Crippen molar-refractivity contribution < 1.29 is 9.47 Å². The first-order valence-corrected chi connectivity index (χ1v) is 5.59. The highest BCUT2D eigenvalue weighted by molar-refractivity contribution is 5.48. The van der Waals surface area contributed by atoms with E-state index < -0.39 is 0 Å². The zero-order valence-corrected chi connectivity index (χ0v) is 10.6. The van der Waals surface area contributed by atoms with E-state index in [2.05, 4.69) is 20.3 Å². The van der Waals surface area contributed by atoms with E-state index in [-0.39, 0.29) is 11.3 Å². The molecule has 2 heterocycles. The van der Waals surface area contributed by atoms with Crippen LogP contribution in [0, 0.1) is 0 Å². The van der Waals surface area contributed by atoms with E-state index in [9.17, 15) is 4.79 Å². The van der Waals surface area contributed by atoms with Crippen molar-refractivity contribution in [1.29, 1.82) is 0 Å². The minimum Gasteiger partial charge on any atom is -0.489 e. The number of ether oxygens (including phenoxy) is 2. The van der Waals surface area contributed by atoms with E-state index in [1.807, 2.05) is 6.07 Å². The van der Waals surface area contributed by atoms with Crippen LogP contribution in [0.25, 0.3) is 0 Å². The minimum atomic E-state index is -0.327. The number of nitrogens with zero attached hydrogens (tertiary/aromatic N) is 2. The Morgan fingerprint density at radius 1 is 1.32 bits per heavy atom. The van der Waals surface area contributed by atoms with Gasteiger partial charge in [-0.25, -0.2) is 9.97 Å². The van der Waals surface area contributed by atoms with Crippen molar-refractivity contribution in [3.05, 3.63) is 40.6 Å². The van der Waals surface area contributed by atoms with Gasteiger partial charge in [-0.15, -0.1) is 0 Å².